The summed E-state index contributed by atoms with van der Waals surface area (Å²) in [6.45, 7) is 2.69. The highest BCUT2D eigenvalue weighted by Gasteiger charge is 2.22. The molecule has 3 rings (SSSR count). The van der Waals surface area contributed by atoms with E-state index in [-0.39, 0.29) is 13.3 Å². The highest BCUT2D eigenvalue weighted by Crippen LogP contribution is 2.32. The van der Waals surface area contributed by atoms with Crippen molar-refractivity contribution in [1.29, 1.82) is 0 Å². The number of carbonyl (C=O) groups is 2. The van der Waals surface area contributed by atoms with Crippen molar-refractivity contribution in [3.63, 3.8) is 0 Å². The Balaban J connectivity index is 1.63. The van der Waals surface area contributed by atoms with Gasteiger partial charge in [0.05, 0.1) is 0 Å². The number of amides is 2. The molecule has 0 atom stereocenters. The maximum absolute atomic E-state index is 12.4. The second-order valence-corrected chi connectivity index (χ2v) is 5.26. The summed E-state index contributed by atoms with van der Waals surface area (Å²) >= 11 is 0. The fraction of sp³-hybridized carbons (Fsp3) is 0.222. The van der Waals surface area contributed by atoms with Gasteiger partial charge < -0.3 is 19.7 Å². The summed E-state index contributed by atoms with van der Waals surface area (Å²) in [5.74, 6) is 0.109. The number of rotatable bonds is 4. The molecule has 24 heavy (non-hydrogen) atoms. The zero-order chi connectivity index (χ0) is 16.9. The van der Waals surface area contributed by atoms with E-state index in [0.29, 0.717) is 23.7 Å². The molecule has 2 aromatic carbocycles. The Morgan fingerprint density at radius 2 is 1.83 bits per heavy atom. The number of hydrogen-bond donors (Lipinski definition) is 1. The van der Waals surface area contributed by atoms with Crippen molar-refractivity contribution in [2.24, 2.45) is 0 Å². The number of ether oxygens (including phenoxy) is 2. The molecule has 0 aromatic heterocycles. The van der Waals surface area contributed by atoms with Gasteiger partial charge >= 0.3 is 11.8 Å². The second-order valence-electron chi connectivity index (χ2n) is 5.26. The van der Waals surface area contributed by atoms with Crippen molar-refractivity contribution < 1.29 is 19.1 Å². The van der Waals surface area contributed by atoms with Crippen molar-refractivity contribution >= 4 is 17.5 Å². The lowest BCUT2D eigenvalue weighted by atomic mass is 10.2. The molecule has 1 aliphatic rings. The van der Waals surface area contributed by atoms with Crippen LogP contribution in [0.4, 0.5) is 5.69 Å². The normalized spacial score (nSPS) is 11.9. The minimum absolute atomic E-state index is 0.201. The smallest absolute Gasteiger partial charge is 0.316 e. The first-order valence-corrected chi connectivity index (χ1v) is 7.72. The molecular formula is C18H18N2O4. The number of hydrogen-bond acceptors (Lipinski definition) is 4. The molecule has 0 spiro atoms. The van der Waals surface area contributed by atoms with E-state index in [4.69, 9.17) is 9.47 Å². The summed E-state index contributed by atoms with van der Waals surface area (Å²) in [4.78, 5) is 26.0. The van der Waals surface area contributed by atoms with Crippen LogP contribution in [0.25, 0.3) is 0 Å². The molecular weight excluding hydrogens is 308 g/mol. The van der Waals surface area contributed by atoms with E-state index in [0.717, 1.165) is 5.56 Å². The van der Waals surface area contributed by atoms with Crippen LogP contribution in [0.15, 0.2) is 48.5 Å². The molecule has 0 fully saturated rings. The standard InChI is InChI=1S/C18H18N2O4/c1-2-20(14-6-4-3-5-7-14)18(22)17(21)19-11-13-8-9-15-16(10-13)24-12-23-15/h3-10H,2,11-12H2,1H3,(H,19,21). The van der Waals surface area contributed by atoms with Crippen LogP contribution in [0.2, 0.25) is 0 Å². The Morgan fingerprint density at radius 3 is 2.58 bits per heavy atom. The van der Waals surface area contributed by atoms with Crippen LogP contribution in [0, 0.1) is 0 Å². The maximum atomic E-state index is 12.4. The third-order valence-corrected chi connectivity index (χ3v) is 3.71. The van der Waals surface area contributed by atoms with Gasteiger partial charge in [0.2, 0.25) is 6.79 Å². The predicted molar refractivity (Wildman–Crippen MR) is 88.9 cm³/mol. The van der Waals surface area contributed by atoms with Crippen molar-refractivity contribution in [1.82, 2.24) is 5.32 Å². The lowest BCUT2D eigenvalue weighted by Crippen LogP contribution is -2.42. The van der Waals surface area contributed by atoms with E-state index < -0.39 is 11.8 Å². The van der Waals surface area contributed by atoms with Crippen molar-refractivity contribution in [2.75, 3.05) is 18.2 Å². The fourth-order valence-electron chi connectivity index (χ4n) is 2.48. The SMILES string of the molecule is CCN(C(=O)C(=O)NCc1ccc2c(c1)OCO2)c1ccccc1. The van der Waals surface area contributed by atoms with Crippen LogP contribution < -0.4 is 19.7 Å². The third-order valence-electron chi connectivity index (χ3n) is 3.71. The quantitative estimate of drug-likeness (QED) is 0.874. The number of nitrogens with one attached hydrogen (secondary N) is 1. The minimum atomic E-state index is -0.640. The maximum Gasteiger partial charge on any atom is 0.316 e. The molecule has 124 valence electrons. The van der Waals surface area contributed by atoms with Gasteiger partial charge in [-0.15, -0.1) is 0 Å². The monoisotopic (exact) mass is 326 g/mol. The number of anilines is 1. The summed E-state index contributed by atoms with van der Waals surface area (Å²) in [7, 11) is 0. The van der Waals surface area contributed by atoms with Gasteiger partial charge in [0, 0.05) is 18.8 Å². The first kappa shape index (κ1) is 15.9. The summed E-state index contributed by atoms with van der Waals surface area (Å²) < 4.78 is 10.5. The van der Waals surface area contributed by atoms with Crippen LogP contribution in [0.1, 0.15) is 12.5 Å². The Kier molecular flexibility index (Phi) is 4.65. The number of para-hydroxylation sites is 1. The van der Waals surface area contributed by atoms with E-state index in [2.05, 4.69) is 5.32 Å². The molecule has 1 heterocycles. The van der Waals surface area contributed by atoms with E-state index in [1.165, 1.54) is 4.90 Å². The summed E-state index contributed by atoms with van der Waals surface area (Å²) in [5, 5.41) is 2.65. The van der Waals surface area contributed by atoms with Gasteiger partial charge in [-0.3, -0.25) is 9.59 Å². The van der Waals surface area contributed by atoms with Gasteiger partial charge in [0.25, 0.3) is 0 Å². The topological polar surface area (TPSA) is 67.9 Å². The number of nitrogens with zero attached hydrogens (tertiary/aromatic N) is 1. The first-order valence-electron chi connectivity index (χ1n) is 7.72. The van der Waals surface area contributed by atoms with Crippen LogP contribution in [0.5, 0.6) is 11.5 Å². The molecule has 2 aromatic rings. The fourth-order valence-corrected chi connectivity index (χ4v) is 2.48. The van der Waals surface area contributed by atoms with E-state index >= 15 is 0 Å². The van der Waals surface area contributed by atoms with Crippen LogP contribution >= 0.6 is 0 Å². The molecule has 0 bridgehead atoms. The van der Waals surface area contributed by atoms with Gasteiger partial charge in [-0.1, -0.05) is 24.3 Å². The number of likely N-dealkylation sites (N-methyl/N-ethyl adjacent to an activating group) is 1. The molecule has 0 radical (unpaired) electrons. The molecule has 0 saturated heterocycles. The van der Waals surface area contributed by atoms with Crippen LogP contribution in [-0.4, -0.2) is 25.2 Å². The second kappa shape index (κ2) is 7.04. The van der Waals surface area contributed by atoms with Gasteiger partial charge in [-0.2, -0.15) is 0 Å². The lowest BCUT2D eigenvalue weighted by molar-refractivity contribution is -0.137. The van der Waals surface area contributed by atoms with Gasteiger partial charge in [0.1, 0.15) is 0 Å². The average Bonchev–Trinajstić information content (AvgIpc) is 3.09. The van der Waals surface area contributed by atoms with Gasteiger partial charge in [-0.05, 0) is 36.8 Å². The molecule has 0 saturated carbocycles. The molecule has 1 aliphatic heterocycles. The van der Waals surface area contributed by atoms with E-state index in [1.807, 2.05) is 31.2 Å². The third kappa shape index (κ3) is 3.32. The average molecular weight is 326 g/mol. The largest absolute Gasteiger partial charge is 0.454 e. The number of benzene rings is 2. The Labute approximate surface area is 140 Å². The molecule has 1 N–H and O–H groups in total. The highest BCUT2D eigenvalue weighted by molar-refractivity contribution is 6.40. The Hall–Kier alpha value is -3.02. The van der Waals surface area contributed by atoms with Crippen molar-refractivity contribution in [2.45, 2.75) is 13.5 Å². The van der Waals surface area contributed by atoms with E-state index in [9.17, 15) is 9.59 Å². The zero-order valence-electron chi connectivity index (χ0n) is 13.3. The van der Waals surface area contributed by atoms with Crippen LogP contribution in [0.3, 0.4) is 0 Å². The highest BCUT2D eigenvalue weighted by atomic mass is 16.7. The summed E-state index contributed by atoms with van der Waals surface area (Å²) in [6.07, 6.45) is 0. The van der Waals surface area contributed by atoms with Crippen LogP contribution in [-0.2, 0) is 16.1 Å². The number of carbonyl (C=O) groups excluding carboxylic acids is 2. The number of fused-ring (bicyclic) bond motifs is 1. The van der Waals surface area contributed by atoms with Gasteiger partial charge in [0.15, 0.2) is 11.5 Å². The van der Waals surface area contributed by atoms with Gasteiger partial charge in [-0.25, -0.2) is 0 Å². The zero-order valence-corrected chi connectivity index (χ0v) is 13.3. The molecule has 0 aliphatic carbocycles. The lowest BCUT2D eigenvalue weighted by Gasteiger charge is -2.20. The summed E-state index contributed by atoms with van der Waals surface area (Å²) in [6, 6.07) is 14.5. The first-order chi connectivity index (χ1) is 11.7. The predicted octanol–water partition coefficient (Wildman–Crippen LogP) is 2.08. The summed E-state index contributed by atoms with van der Waals surface area (Å²) in [5.41, 5.74) is 1.53. The van der Waals surface area contributed by atoms with Crippen molar-refractivity contribution in [3.8, 4) is 11.5 Å². The van der Waals surface area contributed by atoms with Crippen molar-refractivity contribution in [3.05, 3.63) is 54.1 Å². The molecule has 2 amide bonds. The Morgan fingerprint density at radius 1 is 1.08 bits per heavy atom. The molecule has 0 unspecified atom stereocenters. The molecule has 6 nitrogen and oxygen atoms in total. The molecule has 6 heteroatoms. The Bertz CT molecular complexity index is 746. The minimum Gasteiger partial charge on any atom is -0.454 e. The van der Waals surface area contributed by atoms with E-state index in [1.54, 1.807) is 24.3 Å².